The molecule has 2 aromatic rings. The smallest absolute Gasteiger partial charge is 0.412 e. The summed E-state index contributed by atoms with van der Waals surface area (Å²) in [5.41, 5.74) is 1.61. The zero-order valence-electron chi connectivity index (χ0n) is 15.9. The highest BCUT2D eigenvalue weighted by molar-refractivity contribution is 5.69. The van der Waals surface area contributed by atoms with Crippen molar-refractivity contribution in [1.29, 1.82) is 0 Å². The van der Waals surface area contributed by atoms with E-state index in [1.807, 2.05) is 50.2 Å². The third kappa shape index (κ3) is 3.84. The number of carbonyl (C=O) groups is 1. The summed E-state index contributed by atoms with van der Waals surface area (Å²) in [5.74, 6) is 0. The van der Waals surface area contributed by atoms with Crippen molar-refractivity contribution in [3.8, 4) is 0 Å². The summed E-state index contributed by atoms with van der Waals surface area (Å²) >= 11 is 0. The number of amides is 1. The third-order valence-electron chi connectivity index (χ3n) is 5.31. The first kappa shape index (κ1) is 18.0. The molecule has 2 aromatic carbocycles. The van der Waals surface area contributed by atoms with Crippen molar-refractivity contribution in [2.45, 2.75) is 44.9 Å². The number of hydrogen-bond donors (Lipinski definition) is 0. The molecule has 0 spiro atoms. The van der Waals surface area contributed by atoms with Gasteiger partial charge >= 0.3 is 6.09 Å². The fourth-order valence-corrected chi connectivity index (χ4v) is 4.14. The molecule has 2 unspecified atom stereocenters. The van der Waals surface area contributed by atoms with Gasteiger partial charge in [0.25, 0.3) is 0 Å². The Morgan fingerprint density at radius 1 is 1.04 bits per heavy atom. The van der Waals surface area contributed by atoms with Crippen molar-refractivity contribution in [2.75, 3.05) is 13.1 Å². The molecule has 0 aliphatic carbocycles. The Labute approximate surface area is 160 Å². The Bertz CT molecular complexity index is 779. The quantitative estimate of drug-likeness (QED) is 0.828. The molecule has 0 radical (unpaired) electrons. The van der Waals surface area contributed by atoms with Crippen molar-refractivity contribution in [3.63, 3.8) is 0 Å². The van der Waals surface area contributed by atoms with Gasteiger partial charge in [0.15, 0.2) is 0 Å². The van der Waals surface area contributed by atoms with Gasteiger partial charge in [-0.2, -0.15) is 0 Å². The molecule has 142 valence electrons. The van der Waals surface area contributed by atoms with Crippen LogP contribution in [0.5, 0.6) is 0 Å². The molecule has 2 fully saturated rings. The van der Waals surface area contributed by atoms with Crippen molar-refractivity contribution in [3.05, 3.63) is 71.8 Å². The number of ether oxygens (including phenoxy) is 2. The van der Waals surface area contributed by atoms with Gasteiger partial charge in [-0.25, -0.2) is 4.79 Å². The van der Waals surface area contributed by atoms with E-state index in [0.717, 1.165) is 25.2 Å². The minimum atomic E-state index is -0.651. The van der Waals surface area contributed by atoms with Crippen LogP contribution in [-0.4, -0.2) is 46.9 Å². The van der Waals surface area contributed by atoms with E-state index in [-0.39, 0.29) is 24.8 Å². The summed E-state index contributed by atoms with van der Waals surface area (Å²) < 4.78 is 11.8. The van der Waals surface area contributed by atoms with Crippen LogP contribution >= 0.6 is 0 Å². The molecular formula is C22H26N2O3. The van der Waals surface area contributed by atoms with E-state index in [0.29, 0.717) is 0 Å². The van der Waals surface area contributed by atoms with Crippen LogP contribution in [0.4, 0.5) is 4.79 Å². The molecule has 2 heterocycles. The molecule has 2 atom stereocenters. The van der Waals surface area contributed by atoms with E-state index in [4.69, 9.17) is 9.47 Å². The standard InChI is InChI=1S/C22H26N2O3/c1-22(2)24(21(25)26-16-18-11-7-4-8-12-18)19-14-23(15-20(19)27-22)13-17-9-5-3-6-10-17/h3-12,19-20H,13-16H2,1-2H3. The second-order valence-corrected chi connectivity index (χ2v) is 7.76. The lowest BCUT2D eigenvalue weighted by Gasteiger charge is -2.33. The summed E-state index contributed by atoms with van der Waals surface area (Å²) in [5, 5.41) is 0. The normalized spacial score (nSPS) is 24.0. The maximum atomic E-state index is 12.8. The first-order chi connectivity index (χ1) is 13.0. The predicted molar refractivity (Wildman–Crippen MR) is 103 cm³/mol. The van der Waals surface area contributed by atoms with Crippen LogP contribution in [0.3, 0.4) is 0 Å². The van der Waals surface area contributed by atoms with Gasteiger partial charge in [0.1, 0.15) is 12.3 Å². The maximum absolute atomic E-state index is 12.8. The second kappa shape index (κ2) is 7.33. The highest BCUT2D eigenvalue weighted by atomic mass is 16.6. The van der Waals surface area contributed by atoms with Crippen LogP contribution in [0.1, 0.15) is 25.0 Å². The first-order valence-electron chi connectivity index (χ1n) is 9.47. The molecule has 4 rings (SSSR count). The summed E-state index contributed by atoms with van der Waals surface area (Å²) in [6, 6.07) is 20.2. The average Bonchev–Trinajstić information content (AvgIpc) is 3.13. The van der Waals surface area contributed by atoms with Crippen LogP contribution < -0.4 is 0 Å². The lowest BCUT2D eigenvalue weighted by molar-refractivity contribution is -0.0790. The van der Waals surface area contributed by atoms with Crippen LogP contribution in [0.15, 0.2) is 60.7 Å². The van der Waals surface area contributed by atoms with E-state index >= 15 is 0 Å². The number of benzene rings is 2. The highest BCUT2D eigenvalue weighted by Crippen LogP contribution is 2.37. The van der Waals surface area contributed by atoms with Gasteiger partial charge in [-0.3, -0.25) is 9.80 Å². The molecule has 0 aromatic heterocycles. The average molecular weight is 366 g/mol. The van der Waals surface area contributed by atoms with E-state index < -0.39 is 5.72 Å². The van der Waals surface area contributed by atoms with Gasteiger partial charge in [0.05, 0.1) is 12.1 Å². The summed E-state index contributed by atoms with van der Waals surface area (Å²) in [6.07, 6.45) is -0.286. The molecule has 5 heteroatoms. The van der Waals surface area contributed by atoms with E-state index in [2.05, 4.69) is 29.2 Å². The van der Waals surface area contributed by atoms with Gasteiger partial charge < -0.3 is 9.47 Å². The molecule has 2 aliphatic rings. The van der Waals surface area contributed by atoms with Gasteiger partial charge in [0, 0.05) is 19.6 Å². The van der Waals surface area contributed by atoms with E-state index in [1.54, 1.807) is 4.90 Å². The Morgan fingerprint density at radius 3 is 2.33 bits per heavy atom. The van der Waals surface area contributed by atoms with Crippen molar-refractivity contribution in [1.82, 2.24) is 9.80 Å². The maximum Gasteiger partial charge on any atom is 0.412 e. The fourth-order valence-electron chi connectivity index (χ4n) is 4.14. The van der Waals surface area contributed by atoms with Crippen LogP contribution in [0.25, 0.3) is 0 Å². The Morgan fingerprint density at radius 2 is 1.67 bits per heavy atom. The van der Waals surface area contributed by atoms with E-state index in [1.165, 1.54) is 5.56 Å². The first-order valence-corrected chi connectivity index (χ1v) is 9.47. The number of carbonyl (C=O) groups excluding carboxylic acids is 1. The molecule has 0 N–H and O–H groups in total. The number of rotatable bonds is 4. The van der Waals surface area contributed by atoms with Gasteiger partial charge in [-0.1, -0.05) is 60.7 Å². The Hall–Kier alpha value is -2.37. The molecule has 27 heavy (non-hydrogen) atoms. The minimum absolute atomic E-state index is 0.0204. The lowest BCUT2D eigenvalue weighted by Crippen LogP contribution is -2.50. The summed E-state index contributed by atoms with van der Waals surface area (Å²) in [6.45, 7) is 6.64. The van der Waals surface area contributed by atoms with Crippen molar-refractivity contribution >= 4 is 6.09 Å². The number of fused-ring (bicyclic) bond motifs is 1. The van der Waals surface area contributed by atoms with Gasteiger partial charge in [0.2, 0.25) is 0 Å². The zero-order chi connectivity index (χ0) is 18.9. The van der Waals surface area contributed by atoms with Crippen LogP contribution in [0.2, 0.25) is 0 Å². The molecule has 2 aliphatic heterocycles. The van der Waals surface area contributed by atoms with Crippen molar-refractivity contribution in [2.24, 2.45) is 0 Å². The molecule has 0 bridgehead atoms. The van der Waals surface area contributed by atoms with Gasteiger partial charge in [-0.15, -0.1) is 0 Å². The molecular weight excluding hydrogens is 340 g/mol. The minimum Gasteiger partial charge on any atom is -0.444 e. The molecule has 5 nitrogen and oxygen atoms in total. The largest absolute Gasteiger partial charge is 0.444 e. The van der Waals surface area contributed by atoms with Crippen LogP contribution in [-0.2, 0) is 22.6 Å². The highest BCUT2D eigenvalue weighted by Gasteiger charge is 2.54. The molecule has 0 saturated carbocycles. The number of likely N-dealkylation sites (tertiary alicyclic amines) is 1. The molecule has 1 amide bonds. The van der Waals surface area contributed by atoms with Crippen molar-refractivity contribution < 1.29 is 14.3 Å². The topological polar surface area (TPSA) is 42.0 Å². The Kier molecular flexibility index (Phi) is 4.89. The SMILES string of the molecule is CC1(C)OC2CN(Cc3ccccc3)CC2N1C(=O)OCc1ccccc1. The van der Waals surface area contributed by atoms with Gasteiger partial charge in [-0.05, 0) is 25.0 Å². The second-order valence-electron chi connectivity index (χ2n) is 7.76. The third-order valence-corrected chi connectivity index (χ3v) is 5.31. The molecule has 2 saturated heterocycles. The summed E-state index contributed by atoms with van der Waals surface area (Å²) in [4.78, 5) is 17.0. The number of hydrogen-bond acceptors (Lipinski definition) is 4. The monoisotopic (exact) mass is 366 g/mol. The summed E-state index contributed by atoms with van der Waals surface area (Å²) in [7, 11) is 0. The lowest BCUT2D eigenvalue weighted by atomic mass is 10.2. The zero-order valence-corrected chi connectivity index (χ0v) is 15.9. The van der Waals surface area contributed by atoms with E-state index in [9.17, 15) is 4.79 Å². The van der Waals surface area contributed by atoms with Crippen LogP contribution in [0, 0.1) is 0 Å². The predicted octanol–water partition coefficient (Wildman–Crippen LogP) is 3.64. The fraction of sp³-hybridized carbons (Fsp3) is 0.409. The number of nitrogens with zero attached hydrogens (tertiary/aromatic N) is 2. The Balaban J connectivity index is 1.41.